The van der Waals surface area contributed by atoms with Gasteiger partial charge in [0.2, 0.25) is 0 Å². The molecule has 18 heavy (non-hydrogen) atoms. The first-order chi connectivity index (χ1) is 8.65. The molecule has 1 aromatic carbocycles. The first-order valence-corrected chi connectivity index (χ1v) is 5.81. The van der Waals surface area contributed by atoms with Gasteiger partial charge in [0.25, 0.3) is 0 Å². The van der Waals surface area contributed by atoms with Gasteiger partial charge < -0.3 is 15.6 Å². The van der Waals surface area contributed by atoms with Gasteiger partial charge in [0.15, 0.2) is 0 Å². The Bertz CT molecular complexity index is 554. The molecule has 0 spiro atoms. The molecule has 0 radical (unpaired) electrons. The molecule has 0 saturated heterocycles. The number of ether oxygens (including phenoxy) is 1. The van der Waals surface area contributed by atoms with Crippen molar-refractivity contribution in [3.05, 3.63) is 29.3 Å². The van der Waals surface area contributed by atoms with Crippen LogP contribution < -0.4 is 10.5 Å². The molecule has 0 atom stereocenters. The smallest absolute Gasteiger partial charge is 0.128 e. The number of aliphatic hydroxyl groups is 1. The standard InChI is InChI=1S/C12H14ClN3O2/c1-18-11-3-2-8(13)6-9(11)10-7-12(14)16(15-10)4-5-17/h2-3,6-7,17H,4-5,14H2,1H3. The van der Waals surface area contributed by atoms with Gasteiger partial charge in [0.1, 0.15) is 11.6 Å². The lowest BCUT2D eigenvalue weighted by molar-refractivity contribution is 0.270. The van der Waals surface area contributed by atoms with Crippen LogP contribution in [0.4, 0.5) is 5.82 Å². The number of benzene rings is 1. The van der Waals surface area contributed by atoms with Gasteiger partial charge in [-0.15, -0.1) is 0 Å². The summed E-state index contributed by atoms with van der Waals surface area (Å²) in [7, 11) is 1.58. The van der Waals surface area contributed by atoms with Crippen LogP contribution in [0, 0.1) is 0 Å². The molecule has 96 valence electrons. The van der Waals surface area contributed by atoms with Gasteiger partial charge in [-0.3, -0.25) is 0 Å². The molecule has 1 heterocycles. The van der Waals surface area contributed by atoms with Crippen molar-refractivity contribution < 1.29 is 9.84 Å². The molecule has 0 aliphatic carbocycles. The lowest BCUT2D eigenvalue weighted by Gasteiger charge is -2.06. The van der Waals surface area contributed by atoms with E-state index in [1.54, 1.807) is 31.4 Å². The van der Waals surface area contributed by atoms with E-state index in [-0.39, 0.29) is 6.61 Å². The van der Waals surface area contributed by atoms with E-state index in [2.05, 4.69) is 5.10 Å². The monoisotopic (exact) mass is 267 g/mol. The maximum Gasteiger partial charge on any atom is 0.128 e. The van der Waals surface area contributed by atoms with Gasteiger partial charge >= 0.3 is 0 Å². The highest BCUT2D eigenvalue weighted by molar-refractivity contribution is 6.30. The topological polar surface area (TPSA) is 73.3 Å². The summed E-state index contributed by atoms with van der Waals surface area (Å²) in [6, 6.07) is 7.02. The maximum atomic E-state index is 8.91. The third-order valence-electron chi connectivity index (χ3n) is 2.56. The SMILES string of the molecule is COc1ccc(Cl)cc1-c1cc(N)n(CCO)n1. The fourth-order valence-corrected chi connectivity index (χ4v) is 1.89. The quantitative estimate of drug-likeness (QED) is 0.886. The molecule has 0 aliphatic heterocycles. The van der Waals surface area contributed by atoms with Crippen LogP contribution in [0.5, 0.6) is 5.75 Å². The first-order valence-electron chi connectivity index (χ1n) is 5.44. The van der Waals surface area contributed by atoms with Crippen molar-refractivity contribution in [2.24, 2.45) is 0 Å². The molecule has 2 aromatic rings. The maximum absolute atomic E-state index is 8.91. The molecular formula is C12H14ClN3O2. The van der Waals surface area contributed by atoms with E-state index < -0.39 is 0 Å². The Morgan fingerprint density at radius 3 is 2.89 bits per heavy atom. The van der Waals surface area contributed by atoms with E-state index in [4.69, 9.17) is 27.2 Å². The van der Waals surface area contributed by atoms with Gasteiger partial charge in [-0.05, 0) is 18.2 Å². The Balaban J connectivity index is 2.47. The molecule has 0 aliphatic rings. The molecule has 0 unspecified atom stereocenters. The van der Waals surface area contributed by atoms with Crippen molar-refractivity contribution in [2.45, 2.75) is 6.54 Å². The number of nitrogens with zero attached hydrogens (tertiary/aromatic N) is 2. The van der Waals surface area contributed by atoms with Crippen molar-refractivity contribution in [2.75, 3.05) is 19.5 Å². The van der Waals surface area contributed by atoms with Crippen molar-refractivity contribution >= 4 is 17.4 Å². The average molecular weight is 268 g/mol. The van der Waals surface area contributed by atoms with E-state index in [0.29, 0.717) is 28.8 Å². The van der Waals surface area contributed by atoms with Gasteiger partial charge in [-0.2, -0.15) is 5.10 Å². The molecule has 0 fully saturated rings. The van der Waals surface area contributed by atoms with Crippen molar-refractivity contribution in [1.82, 2.24) is 9.78 Å². The molecule has 5 nitrogen and oxygen atoms in total. The van der Waals surface area contributed by atoms with Crippen LogP contribution in [0.2, 0.25) is 5.02 Å². The Labute approximate surface area is 110 Å². The molecule has 0 amide bonds. The van der Waals surface area contributed by atoms with Crippen molar-refractivity contribution in [1.29, 1.82) is 0 Å². The highest BCUT2D eigenvalue weighted by Gasteiger charge is 2.12. The fourth-order valence-electron chi connectivity index (χ4n) is 1.72. The largest absolute Gasteiger partial charge is 0.496 e. The minimum atomic E-state index is -0.0159. The molecule has 6 heteroatoms. The number of aromatic nitrogens is 2. The van der Waals surface area contributed by atoms with Gasteiger partial charge in [-0.25, -0.2) is 4.68 Å². The Hall–Kier alpha value is -1.72. The number of hydrogen-bond acceptors (Lipinski definition) is 4. The van der Waals surface area contributed by atoms with Crippen LogP contribution in [0.3, 0.4) is 0 Å². The van der Waals surface area contributed by atoms with Gasteiger partial charge in [-0.1, -0.05) is 11.6 Å². The summed E-state index contributed by atoms with van der Waals surface area (Å²) in [6.07, 6.45) is 0. The highest BCUT2D eigenvalue weighted by atomic mass is 35.5. The predicted octanol–water partition coefficient (Wildman–Crippen LogP) is 1.79. The average Bonchev–Trinajstić information content (AvgIpc) is 2.71. The summed E-state index contributed by atoms with van der Waals surface area (Å²) in [5, 5.41) is 13.8. The molecule has 0 bridgehead atoms. The summed E-state index contributed by atoms with van der Waals surface area (Å²) < 4.78 is 6.80. The summed E-state index contributed by atoms with van der Waals surface area (Å²) in [5.41, 5.74) is 7.25. The zero-order chi connectivity index (χ0) is 13.1. The lowest BCUT2D eigenvalue weighted by Crippen LogP contribution is -2.07. The van der Waals surface area contributed by atoms with Crippen LogP contribution in [-0.4, -0.2) is 28.6 Å². The van der Waals surface area contributed by atoms with E-state index >= 15 is 0 Å². The van der Waals surface area contributed by atoms with Gasteiger partial charge in [0, 0.05) is 16.7 Å². The van der Waals surface area contributed by atoms with Crippen LogP contribution in [0.25, 0.3) is 11.3 Å². The van der Waals surface area contributed by atoms with E-state index in [0.717, 1.165) is 5.56 Å². The fraction of sp³-hybridized carbons (Fsp3) is 0.250. The van der Waals surface area contributed by atoms with E-state index in [1.165, 1.54) is 4.68 Å². The van der Waals surface area contributed by atoms with Crippen LogP contribution >= 0.6 is 11.6 Å². The van der Waals surface area contributed by atoms with Crippen LogP contribution in [0.1, 0.15) is 0 Å². The second kappa shape index (κ2) is 5.29. The minimum Gasteiger partial charge on any atom is -0.496 e. The van der Waals surface area contributed by atoms with Gasteiger partial charge in [0.05, 0.1) is 26.0 Å². The number of hydrogen-bond donors (Lipinski definition) is 2. The third-order valence-corrected chi connectivity index (χ3v) is 2.80. The number of anilines is 1. The Morgan fingerprint density at radius 2 is 2.22 bits per heavy atom. The van der Waals surface area contributed by atoms with E-state index in [1.807, 2.05) is 0 Å². The normalized spacial score (nSPS) is 10.6. The number of rotatable bonds is 4. The molecule has 3 N–H and O–H groups in total. The Morgan fingerprint density at radius 1 is 1.44 bits per heavy atom. The minimum absolute atomic E-state index is 0.0159. The first kappa shape index (κ1) is 12.7. The number of methoxy groups -OCH3 is 1. The number of halogens is 1. The zero-order valence-electron chi connectivity index (χ0n) is 9.93. The third kappa shape index (κ3) is 2.42. The van der Waals surface area contributed by atoms with Crippen molar-refractivity contribution in [3.8, 4) is 17.0 Å². The second-order valence-electron chi connectivity index (χ2n) is 3.75. The number of nitrogen functional groups attached to an aromatic ring is 1. The second-order valence-corrected chi connectivity index (χ2v) is 4.18. The Kier molecular flexibility index (Phi) is 3.74. The highest BCUT2D eigenvalue weighted by Crippen LogP contribution is 2.32. The summed E-state index contributed by atoms with van der Waals surface area (Å²) in [6.45, 7) is 0.340. The summed E-state index contributed by atoms with van der Waals surface area (Å²) >= 11 is 5.97. The predicted molar refractivity (Wildman–Crippen MR) is 70.7 cm³/mol. The van der Waals surface area contributed by atoms with E-state index in [9.17, 15) is 0 Å². The number of aliphatic hydroxyl groups excluding tert-OH is 1. The van der Waals surface area contributed by atoms with Crippen LogP contribution in [-0.2, 0) is 6.54 Å². The molecular weight excluding hydrogens is 254 g/mol. The molecule has 2 rings (SSSR count). The summed E-state index contributed by atoms with van der Waals surface area (Å²) in [5.74, 6) is 1.16. The molecule has 1 aromatic heterocycles. The zero-order valence-corrected chi connectivity index (χ0v) is 10.7. The van der Waals surface area contributed by atoms with Crippen LogP contribution in [0.15, 0.2) is 24.3 Å². The lowest BCUT2D eigenvalue weighted by atomic mass is 10.1. The molecule has 0 saturated carbocycles. The van der Waals surface area contributed by atoms with Crippen molar-refractivity contribution in [3.63, 3.8) is 0 Å². The summed E-state index contributed by atoms with van der Waals surface area (Å²) in [4.78, 5) is 0. The number of nitrogens with two attached hydrogens (primary N) is 1.